The summed E-state index contributed by atoms with van der Waals surface area (Å²) in [6.07, 6.45) is 1.79. The van der Waals surface area contributed by atoms with Crippen molar-refractivity contribution in [1.29, 1.82) is 0 Å². The number of benzene rings is 1. The first-order valence-electron chi connectivity index (χ1n) is 4.77. The van der Waals surface area contributed by atoms with E-state index in [9.17, 15) is 4.79 Å². The number of esters is 1. The van der Waals surface area contributed by atoms with Gasteiger partial charge in [0.1, 0.15) is 12.4 Å². The van der Waals surface area contributed by atoms with Crippen molar-refractivity contribution in [3.63, 3.8) is 0 Å². The predicted octanol–water partition coefficient (Wildman–Crippen LogP) is 2.18. The maximum absolute atomic E-state index is 11.0. The van der Waals surface area contributed by atoms with Crippen molar-refractivity contribution in [1.82, 2.24) is 0 Å². The lowest BCUT2D eigenvalue weighted by Gasteiger charge is -2.05. The van der Waals surface area contributed by atoms with Crippen molar-refractivity contribution in [3.8, 4) is 5.75 Å². The lowest BCUT2D eigenvalue weighted by molar-refractivity contribution is -0.142. The zero-order valence-corrected chi connectivity index (χ0v) is 8.52. The molecule has 0 N–H and O–H groups in total. The largest absolute Gasteiger partial charge is 0.493 e. The van der Waals surface area contributed by atoms with E-state index < -0.39 is 0 Å². The Labute approximate surface area is 89.3 Å². The van der Waals surface area contributed by atoms with Gasteiger partial charge in [0.2, 0.25) is 0 Å². The summed E-state index contributed by atoms with van der Waals surface area (Å²) < 4.78 is 10.1. The van der Waals surface area contributed by atoms with Crippen molar-refractivity contribution in [2.45, 2.75) is 6.42 Å². The molecule has 0 saturated heterocycles. The van der Waals surface area contributed by atoms with Crippen molar-refractivity contribution in [2.24, 2.45) is 0 Å². The van der Waals surface area contributed by atoms with Gasteiger partial charge in [-0.25, -0.2) is 0 Å². The molecule has 0 amide bonds. The van der Waals surface area contributed by atoms with Gasteiger partial charge in [0.15, 0.2) is 0 Å². The molecule has 0 atom stereocenters. The van der Waals surface area contributed by atoms with Crippen LogP contribution in [0.2, 0.25) is 0 Å². The highest BCUT2D eigenvalue weighted by Gasteiger charge is 2.01. The van der Waals surface area contributed by atoms with E-state index in [-0.39, 0.29) is 19.0 Å². The third-order valence-electron chi connectivity index (χ3n) is 1.68. The minimum Gasteiger partial charge on any atom is -0.493 e. The zero-order chi connectivity index (χ0) is 10.9. The van der Waals surface area contributed by atoms with E-state index in [0.717, 1.165) is 5.75 Å². The average molecular weight is 206 g/mol. The first kappa shape index (κ1) is 11.3. The van der Waals surface area contributed by atoms with Gasteiger partial charge < -0.3 is 9.47 Å². The van der Waals surface area contributed by atoms with E-state index in [1.807, 2.05) is 30.3 Å². The van der Waals surface area contributed by atoms with E-state index in [1.54, 1.807) is 0 Å². The number of hydrogen-bond acceptors (Lipinski definition) is 3. The van der Waals surface area contributed by atoms with E-state index in [0.29, 0.717) is 6.61 Å². The fraction of sp³-hybridized carbons (Fsp3) is 0.250. The van der Waals surface area contributed by atoms with Gasteiger partial charge in [0.25, 0.3) is 0 Å². The molecule has 0 radical (unpaired) electrons. The molecule has 1 aromatic rings. The summed E-state index contributed by atoms with van der Waals surface area (Å²) >= 11 is 0. The molecule has 0 aromatic heterocycles. The fourth-order valence-electron chi connectivity index (χ4n) is 0.993. The Hall–Kier alpha value is -1.77. The SMILES string of the molecule is C=CCOC(=O)CCOc1ccccc1. The molecule has 0 spiro atoms. The van der Waals surface area contributed by atoms with E-state index in [4.69, 9.17) is 9.47 Å². The van der Waals surface area contributed by atoms with Crippen LogP contribution in [0, 0.1) is 0 Å². The topological polar surface area (TPSA) is 35.5 Å². The van der Waals surface area contributed by atoms with Gasteiger partial charge in [-0.15, -0.1) is 0 Å². The molecule has 0 heterocycles. The van der Waals surface area contributed by atoms with Crippen LogP contribution in [-0.4, -0.2) is 19.2 Å². The highest BCUT2D eigenvalue weighted by atomic mass is 16.5. The Kier molecular flexibility index (Phi) is 5.01. The molecular formula is C12H14O3. The van der Waals surface area contributed by atoms with Crippen LogP contribution in [0.4, 0.5) is 0 Å². The van der Waals surface area contributed by atoms with Crippen LogP contribution < -0.4 is 4.74 Å². The molecule has 3 nitrogen and oxygen atoms in total. The van der Waals surface area contributed by atoms with Crippen LogP contribution in [0.3, 0.4) is 0 Å². The highest BCUT2D eigenvalue weighted by molar-refractivity contribution is 5.69. The Morgan fingerprint density at radius 3 is 2.73 bits per heavy atom. The Balaban J connectivity index is 2.16. The third kappa shape index (κ3) is 4.86. The summed E-state index contributed by atoms with van der Waals surface area (Å²) in [6, 6.07) is 9.35. The van der Waals surface area contributed by atoms with Gasteiger partial charge in [-0.2, -0.15) is 0 Å². The van der Waals surface area contributed by atoms with Crippen molar-refractivity contribution < 1.29 is 14.3 Å². The summed E-state index contributed by atoms with van der Waals surface area (Å²) in [7, 11) is 0. The highest BCUT2D eigenvalue weighted by Crippen LogP contribution is 2.08. The lowest BCUT2D eigenvalue weighted by Crippen LogP contribution is -2.09. The first-order chi connectivity index (χ1) is 7.33. The zero-order valence-electron chi connectivity index (χ0n) is 8.52. The Morgan fingerprint density at radius 1 is 1.33 bits per heavy atom. The van der Waals surface area contributed by atoms with Gasteiger partial charge in [0, 0.05) is 0 Å². The van der Waals surface area contributed by atoms with Gasteiger partial charge in [-0.05, 0) is 12.1 Å². The molecule has 15 heavy (non-hydrogen) atoms. The molecule has 0 bridgehead atoms. The predicted molar refractivity (Wildman–Crippen MR) is 57.7 cm³/mol. The lowest BCUT2D eigenvalue weighted by atomic mass is 10.3. The number of rotatable bonds is 6. The van der Waals surface area contributed by atoms with Crippen molar-refractivity contribution in [3.05, 3.63) is 43.0 Å². The van der Waals surface area contributed by atoms with Gasteiger partial charge >= 0.3 is 5.97 Å². The van der Waals surface area contributed by atoms with Crippen LogP contribution in [0.15, 0.2) is 43.0 Å². The standard InChI is InChI=1S/C12H14O3/c1-2-9-15-12(13)8-10-14-11-6-4-3-5-7-11/h2-7H,1,8-10H2. The molecule has 1 aromatic carbocycles. The van der Waals surface area contributed by atoms with Crippen LogP contribution in [0.25, 0.3) is 0 Å². The molecule has 80 valence electrons. The number of carbonyl (C=O) groups is 1. The second-order valence-electron chi connectivity index (χ2n) is 2.88. The second-order valence-corrected chi connectivity index (χ2v) is 2.88. The quantitative estimate of drug-likeness (QED) is 0.528. The van der Waals surface area contributed by atoms with Gasteiger partial charge in [-0.1, -0.05) is 30.9 Å². The van der Waals surface area contributed by atoms with Crippen LogP contribution in [0.1, 0.15) is 6.42 Å². The van der Waals surface area contributed by atoms with Gasteiger partial charge in [0.05, 0.1) is 13.0 Å². The van der Waals surface area contributed by atoms with Crippen molar-refractivity contribution in [2.75, 3.05) is 13.2 Å². The van der Waals surface area contributed by atoms with Crippen LogP contribution >= 0.6 is 0 Å². The summed E-state index contributed by atoms with van der Waals surface area (Å²) in [4.78, 5) is 11.0. The molecule has 0 aliphatic heterocycles. The van der Waals surface area contributed by atoms with Crippen LogP contribution in [0.5, 0.6) is 5.75 Å². The summed E-state index contributed by atoms with van der Waals surface area (Å²) in [5.74, 6) is 0.486. The van der Waals surface area contributed by atoms with Crippen molar-refractivity contribution >= 4 is 5.97 Å². The molecule has 0 aliphatic rings. The fourth-order valence-corrected chi connectivity index (χ4v) is 0.993. The monoisotopic (exact) mass is 206 g/mol. The normalized spacial score (nSPS) is 9.33. The summed E-state index contributed by atoms with van der Waals surface area (Å²) in [5.41, 5.74) is 0. The first-order valence-corrected chi connectivity index (χ1v) is 4.77. The minimum atomic E-state index is -0.272. The molecule has 0 unspecified atom stereocenters. The number of hydrogen-bond donors (Lipinski definition) is 0. The van der Waals surface area contributed by atoms with E-state index in [2.05, 4.69) is 6.58 Å². The second kappa shape index (κ2) is 6.65. The molecular weight excluding hydrogens is 192 g/mol. The van der Waals surface area contributed by atoms with E-state index in [1.165, 1.54) is 6.08 Å². The minimum absolute atomic E-state index is 0.253. The van der Waals surface area contributed by atoms with E-state index >= 15 is 0 Å². The molecule has 3 heteroatoms. The Bertz CT molecular complexity index is 306. The number of ether oxygens (including phenoxy) is 2. The molecule has 0 aliphatic carbocycles. The van der Waals surface area contributed by atoms with Crippen LogP contribution in [-0.2, 0) is 9.53 Å². The average Bonchev–Trinajstić information content (AvgIpc) is 2.28. The number of para-hydroxylation sites is 1. The molecule has 1 rings (SSSR count). The molecule has 0 fully saturated rings. The smallest absolute Gasteiger partial charge is 0.309 e. The van der Waals surface area contributed by atoms with Gasteiger partial charge in [-0.3, -0.25) is 4.79 Å². The number of carbonyl (C=O) groups excluding carboxylic acids is 1. The maximum Gasteiger partial charge on any atom is 0.309 e. The third-order valence-corrected chi connectivity index (χ3v) is 1.68. The molecule has 0 saturated carbocycles. The summed E-state index contributed by atoms with van der Waals surface area (Å²) in [5, 5.41) is 0. The maximum atomic E-state index is 11.0. The summed E-state index contributed by atoms with van der Waals surface area (Å²) in [6.45, 7) is 4.04. The Morgan fingerprint density at radius 2 is 2.07 bits per heavy atom.